The Bertz CT molecular complexity index is 929. The Morgan fingerprint density at radius 2 is 1.71 bits per heavy atom. The number of aromatic amines is 1. The predicted molar refractivity (Wildman–Crippen MR) is 85.3 cm³/mol. The second-order valence-corrected chi connectivity index (χ2v) is 6.92. The SMILES string of the molecule is CCN(c1ccc2c(c1)[nH]c1cc(O)ccc12)S(C)(=O)=O. The van der Waals surface area contributed by atoms with Gasteiger partial charge in [-0.15, -0.1) is 0 Å². The van der Waals surface area contributed by atoms with Crippen LogP contribution in [-0.4, -0.2) is 31.3 Å². The van der Waals surface area contributed by atoms with E-state index >= 15 is 0 Å². The fourth-order valence-corrected chi connectivity index (χ4v) is 3.62. The van der Waals surface area contributed by atoms with E-state index < -0.39 is 10.0 Å². The van der Waals surface area contributed by atoms with Gasteiger partial charge in [-0.05, 0) is 31.2 Å². The van der Waals surface area contributed by atoms with Crippen LogP contribution in [0.25, 0.3) is 21.8 Å². The minimum Gasteiger partial charge on any atom is -0.508 e. The number of aromatic nitrogens is 1. The van der Waals surface area contributed by atoms with E-state index in [4.69, 9.17) is 0 Å². The first-order chi connectivity index (χ1) is 9.90. The van der Waals surface area contributed by atoms with E-state index in [0.717, 1.165) is 21.8 Å². The lowest BCUT2D eigenvalue weighted by molar-refractivity contribution is 0.476. The lowest BCUT2D eigenvalue weighted by Gasteiger charge is -2.20. The Morgan fingerprint density at radius 1 is 1.10 bits per heavy atom. The summed E-state index contributed by atoms with van der Waals surface area (Å²) >= 11 is 0. The summed E-state index contributed by atoms with van der Waals surface area (Å²) in [5.41, 5.74) is 2.29. The van der Waals surface area contributed by atoms with Crippen molar-refractivity contribution in [2.75, 3.05) is 17.1 Å². The van der Waals surface area contributed by atoms with E-state index in [0.29, 0.717) is 12.2 Å². The summed E-state index contributed by atoms with van der Waals surface area (Å²) in [5.74, 6) is 0.195. The molecule has 0 amide bonds. The number of benzene rings is 2. The second-order valence-electron chi connectivity index (χ2n) is 5.01. The number of nitrogens with one attached hydrogen (secondary N) is 1. The molecule has 0 bridgehead atoms. The normalized spacial score (nSPS) is 12.1. The highest BCUT2D eigenvalue weighted by molar-refractivity contribution is 7.92. The monoisotopic (exact) mass is 304 g/mol. The van der Waals surface area contributed by atoms with Crippen molar-refractivity contribution in [3.05, 3.63) is 36.4 Å². The number of rotatable bonds is 3. The summed E-state index contributed by atoms with van der Waals surface area (Å²) in [4.78, 5) is 3.21. The average Bonchev–Trinajstić information content (AvgIpc) is 2.74. The zero-order valence-corrected chi connectivity index (χ0v) is 12.6. The van der Waals surface area contributed by atoms with E-state index in [-0.39, 0.29) is 5.75 Å². The maximum Gasteiger partial charge on any atom is 0.232 e. The van der Waals surface area contributed by atoms with Crippen molar-refractivity contribution < 1.29 is 13.5 Å². The molecule has 2 aromatic carbocycles. The standard InChI is InChI=1S/C15H16N2O3S/c1-3-17(21(2,19)20)10-4-6-12-13-7-5-11(18)9-15(13)16-14(12)8-10/h4-9,16,18H,3H2,1-2H3. The summed E-state index contributed by atoms with van der Waals surface area (Å²) in [7, 11) is -3.29. The summed E-state index contributed by atoms with van der Waals surface area (Å²) in [6.45, 7) is 2.18. The predicted octanol–water partition coefficient (Wildman–Crippen LogP) is 2.81. The van der Waals surface area contributed by atoms with Crippen molar-refractivity contribution in [2.24, 2.45) is 0 Å². The number of hydrogen-bond acceptors (Lipinski definition) is 3. The quantitative estimate of drug-likeness (QED) is 0.781. The lowest BCUT2D eigenvalue weighted by atomic mass is 10.1. The molecule has 1 aromatic heterocycles. The molecule has 5 nitrogen and oxygen atoms in total. The Hall–Kier alpha value is -2.21. The van der Waals surface area contributed by atoms with Crippen LogP contribution >= 0.6 is 0 Å². The summed E-state index contributed by atoms with van der Waals surface area (Å²) in [6.07, 6.45) is 1.20. The molecule has 6 heteroatoms. The van der Waals surface area contributed by atoms with Crippen LogP contribution in [0.5, 0.6) is 5.75 Å². The third-order valence-corrected chi connectivity index (χ3v) is 4.81. The van der Waals surface area contributed by atoms with E-state index in [9.17, 15) is 13.5 Å². The van der Waals surface area contributed by atoms with E-state index in [1.807, 2.05) is 18.2 Å². The van der Waals surface area contributed by atoms with Crippen molar-refractivity contribution in [1.29, 1.82) is 0 Å². The van der Waals surface area contributed by atoms with Gasteiger partial charge in [0.2, 0.25) is 10.0 Å². The average molecular weight is 304 g/mol. The molecule has 0 spiro atoms. The summed E-state index contributed by atoms with van der Waals surface area (Å²) < 4.78 is 25.0. The van der Waals surface area contributed by atoms with Crippen LogP contribution in [0, 0.1) is 0 Å². The van der Waals surface area contributed by atoms with Crippen molar-refractivity contribution in [2.45, 2.75) is 6.92 Å². The number of sulfonamides is 1. The fraction of sp³-hybridized carbons (Fsp3) is 0.200. The molecule has 0 aliphatic heterocycles. The van der Waals surface area contributed by atoms with Gasteiger partial charge in [0.15, 0.2) is 0 Å². The van der Waals surface area contributed by atoms with Crippen LogP contribution in [0.2, 0.25) is 0 Å². The molecule has 0 atom stereocenters. The molecule has 21 heavy (non-hydrogen) atoms. The van der Waals surface area contributed by atoms with Crippen LogP contribution in [0.15, 0.2) is 36.4 Å². The van der Waals surface area contributed by atoms with E-state index in [2.05, 4.69) is 4.98 Å². The highest BCUT2D eigenvalue weighted by Crippen LogP contribution is 2.31. The van der Waals surface area contributed by atoms with Gasteiger partial charge in [-0.3, -0.25) is 4.31 Å². The number of H-pyrrole nitrogens is 1. The Labute approximate surface area is 122 Å². The molecule has 0 fully saturated rings. The zero-order valence-electron chi connectivity index (χ0n) is 11.8. The molecule has 0 aliphatic carbocycles. The molecule has 0 radical (unpaired) electrons. The molecular formula is C15H16N2O3S. The first-order valence-corrected chi connectivity index (χ1v) is 8.47. The minimum absolute atomic E-state index is 0.195. The summed E-state index contributed by atoms with van der Waals surface area (Å²) in [6, 6.07) is 10.6. The number of aromatic hydroxyl groups is 1. The molecular weight excluding hydrogens is 288 g/mol. The van der Waals surface area contributed by atoms with Gasteiger partial charge in [-0.2, -0.15) is 0 Å². The van der Waals surface area contributed by atoms with Gasteiger partial charge < -0.3 is 10.1 Å². The smallest absolute Gasteiger partial charge is 0.232 e. The third-order valence-electron chi connectivity index (χ3n) is 3.54. The zero-order chi connectivity index (χ0) is 15.2. The molecule has 0 aliphatic rings. The molecule has 110 valence electrons. The molecule has 2 N–H and O–H groups in total. The number of anilines is 1. The van der Waals surface area contributed by atoms with Gasteiger partial charge in [-0.1, -0.05) is 6.07 Å². The van der Waals surface area contributed by atoms with Crippen molar-refractivity contribution >= 4 is 37.5 Å². The van der Waals surface area contributed by atoms with Gasteiger partial charge in [0.1, 0.15) is 5.75 Å². The van der Waals surface area contributed by atoms with E-state index in [1.165, 1.54) is 10.6 Å². The molecule has 0 unspecified atom stereocenters. The number of phenols is 1. The fourth-order valence-electron chi connectivity index (χ4n) is 2.65. The van der Waals surface area contributed by atoms with Gasteiger partial charge in [0, 0.05) is 28.9 Å². The van der Waals surface area contributed by atoms with Crippen LogP contribution in [-0.2, 0) is 10.0 Å². The first-order valence-electron chi connectivity index (χ1n) is 6.62. The molecule has 0 saturated carbocycles. The van der Waals surface area contributed by atoms with E-state index in [1.54, 1.807) is 25.1 Å². The van der Waals surface area contributed by atoms with Crippen molar-refractivity contribution in [1.82, 2.24) is 4.98 Å². The van der Waals surface area contributed by atoms with Crippen molar-refractivity contribution in [3.8, 4) is 5.75 Å². The van der Waals surface area contributed by atoms with Gasteiger partial charge in [-0.25, -0.2) is 8.42 Å². The maximum atomic E-state index is 11.8. The van der Waals surface area contributed by atoms with Gasteiger partial charge >= 0.3 is 0 Å². The largest absolute Gasteiger partial charge is 0.508 e. The lowest BCUT2D eigenvalue weighted by Crippen LogP contribution is -2.29. The van der Waals surface area contributed by atoms with Gasteiger partial charge in [0.05, 0.1) is 17.5 Å². The Balaban J connectivity index is 2.23. The molecule has 3 rings (SSSR count). The number of hydrogen-bond donors (Lipinski definition) is 2. The topological polar surface area (TPSA) is 73.4 Å². The highest BCUT2D eigenvalue weighted by atomic mass is 32.2. The van der Waals surface area contributed by atoms with Crippen molar-refractivity contribution in [3.63, 3.8) is 0 Å². The van der Waals surface area contributed by atoms with Crippen LogP contribution in [0.1, 0.15) is 6.92 Å². The van der Waals surface area contributed by atoms with Crippen LogP contribution < -0.4 is 4.31 Å². The number of phenolic OH excluding ortho intramolecular Hbond substituents is 1. The third kappa shape index (κ3) is 2.31. The first kappa shape index (κ1) is 13.8. The minimum atomic E-state index is -3.29. The summed E-state index contributed by atoms with van der Waals surface area (Å²) in [5, 5.41) is 11.5. The van der Waals surface area contributed by atoms with Crippen LogP contribution in [0.3, 0.4) is 0 Å². The Kier molecular flexibility index (Phi) is 3.06. The molecule has 0 saturated heterocycles. The second kappa shape index (κ2) is 4.66. The number of fused-ring (bicyclic) bond motifs is 3. The highest BCUT2D eigenvalue weighted by Gasteiger charge is 2.16. The Morgan fingerprint density at radius 3 is 2.33 bits per heavy atom. The molecule has 3 aromatic rings. The maximum absolute atomic E-state index is 11.8. The molecule has 1 heterocycles. The number of nitrogens with zero attached hydrogens (tertiary/aromatic N) is 1. The van der Waals surface area contributed by atoms with Gasteiger partial charge in [0.25, 0.3) is 0 Å². The van der Waals surface area contributed by atoms with Crippen LogP contribution in [0.4, 0.5) is 5.69 Å².